The number of hydrogen-bond donors (Lipinski definition) is 2. The SMILES string of the molecule is CC(=O)OCC1OC(n2nnc3c(N)nn(C(N)=O)c3c2=O)CS1. The van der Waals surface area contributed by atoms with Gasteiger partial charge >= 0.3 is 12.0 Å². The summed E-state index contributed by atoms with van der Waals surface area (Å²) in [6.45, 7) is 1.34. The van der Waals surface area contributed by atoms with E-state index in [0.29, 0.717) is 10.4 Å². The topological polar surface area (TPSA) is 170 Å². The summed E-state index contributed by atoms with van der Waals surface area (Å²) in [6.07, 6.45) is -0.739. The fourth-order valence-corrected chi connectivity index (χ4v) is 3.12. The van der Waals surface area contributed by atoms with Gasteiger partial charge in [0.1, 0.15) is 12.0 Å². The van der Waals surface area contributed by atoms with Gasteiger partial charge in [-0.15, -0.1) is 22.0 Å². The van der Waals surface area contributed by atoms with Gasteiger partial charge in [0, 0.05) is 12.7 Å². The fourth-order valence-electron chi connectivity index (χ4n) is 2.15. The van der Waals surface area contributed by atoms with Crippen molar-refractivity contribution in [2.45, 2.75) is 18.6 Å². The van der Waals surface area contributed by atoms with Gasteiger partial charge in [-0.2, -0.15) is 9.36 Å². The molecule has 0 aromatic carbocycles. The Kier molecular flexibility index (Phi) is 4.11. The van der Waals surface area contributed by atoms with Crippen molar-refractivity contribution in [1.29, 1.82) is 0 Å². The zero-order valence-electron chi connectivity index (χ0n) is 12.4. The maximum absolute atomic E-state index is 12.6. The molecule has 2 atom stereocenters. The van der Waals surface area contributed by atoms with E-state index in [1.54, 1.807) is 0 Å². The number of anilines is 1. The third kappa shape index (κ3) is 2.78. The largest absolute Gasteiger partial charge is 0.462 e. The molecular weight excluding hydrogens is 342 g/mol. The lowest BCUT2D eigenvalue weighted by Crippen LogP contribution is -2.33. The molecule has 0 bridgehead atoms. The second-order valence-corrected chi connectivity index (χ2v) is 6.02. The summed E-state index contributed by atoms with van der Waals surface area (Å²) in [5.74, 6) is -0.177. The van der Waals surface area contributed by atoms with Gasteiger partial charge < -0.3 is 20.9 Å². The van der Waals surface area contributed by atoms with Crippen LogP contribution in [0.1, 0.15) is 13.2 Å². The number of rotatable bonds is 3. The van der Waals surface area contributed by atoms with Crippen molar-refractivity contribution < 1.29 is 19.1 Å². The van der Waals surface area contributed by atoms with Crippen molar-refractivity contribution in [2.75, 3.05) is 18.1 Å². The normalized spacial score (nSPS) is 20.4. The van der Waals surface area contributed by atoms with Gasteiger partial charge in [-0.1, -0.05) is 5.21 Å². The van der Waals surface area contributed by atoms with Gasteiger partial charge in [-0.25, -0.2) is 4.79 Å². The molecule has 1 amide bonds. The van der Waals surface area contributed by atoms with E-state index >= 15 is 0 Å². The molecule has 3 rings (SSSR count). The average molecular weight is 355 g/mol. The molecule has 13 heteroatoms. The van der Waals surface area contributed by atoms with Crippen molar-refractivity contribution in [3.8, 4) is 0 Å². The quantitative estimate of drug-likeness (QED) is 0.627. The van der Waals surface area contributed by atoms with Crippen LogP contribution in [0.3, 0.4) is 0 Å². The van der Waals surface area contributed by atoms with Gasteiger partial charge in [0.05, 0.1) is 0 Å². The lowest BCUT2D eigenvalue weighted by atomic mass is 10.4. The van der Waals surface area contributed by atoms with E-state index in [1.807, 2.05) is 0 Å². The Balaban J connectivity index is 1.93. The lowest BCUT2D eigenvalue weighted by molar-refractivity contribution is -0.144. The molecule has 2 unspecified atom stereocenters. The van der Waals surface area contributed by atoms with Gasteiger partial charge in [0.2, 0.25) is 0 Å². The van der Waals surface area contributed by atoms with E-state index < -0.39 is 29.2 Å². The summed E-state index contributed by atoms with van der Waals surface area (Å²) >= 11 is 1.35. The Labute approximate surface area is 138 Å². The van der Waals surface area contributed by atoms with E-state index in [1.165, 1.54) is 18.7 Å². The monoisotopic (exact) mass is 355 g/mol. The highest BCUT2D eigenvalue weighted by Crippen LogP contribution is 2.30. The number of esters is 1. The molecule has 1 fully saturated rings. The van der Waals surface area contributed by atoms with E-state index in [4.69, 9.17) is 20.9 Å². The number of nitrogens with two attached hydrogens (primary N) is 2. The van der Waals surface area contributed by atoms with Crippen LogP contribution in [0.5, 0.6) is 0 Å². The second kappa shape index (κ2) is 6.09. The molecule has 4 N–H and O–H groups in total. The van der Waals surface area contributed by atoms with Crippen LogP contribution in [0.25, 0.3) is 11.0 Å². The first kappa shape index (κ1) is 16.2. The van der Waals surface area contributed by atoms with Crippen LogP contribution in [-0.4, -0.2) is 54.6 Å². The molecule has 2 aromatic rings. The minimum absolute atomic E-state index is 0.0165. The number of carbonyl (C=O) groups excluding carboxylic acids is 2. The predicted octanol–water partition coefficient (Wildman–Crippen LogP) is -1.35. The Bertz CT molecular complexity index is 878. The zero-order valence-corrected chi connectivity index (χ0v) is 13.2. The highest BCUT2D eigenvalue weighted by atomic mass is 32.2. The third-order valence-corrected chi connectivity index (χ3v) is 4.27. The average Bonchev–Trinajstić information content (AvgIpc) is 3.11. The molecule has 12 nitrogen and oxygen atoms in total. The number of aromatic nitrogens is 5. The van der Waals surface area contributed by atoms with Gasteiger partial charge in [0.15, 0.2) is 23.1 Å². The third-order valence-electron chi connectivity index (χ3n) is 3.18. The van der Waals surface area contributed by atoms with Crippen molar-refractivity contribution >= 4 is 40.6 Å². The van der Waals surface area contributed by atoms with E-state index in [9.17, 15) is 14.4 Å². The highest BCUT2D eigenvalue weighted by molar-refractivity contribution is 8.00. The molecule has 1 aliphatic rings. The molecule has 3 heterocycles. The van der Waals surface area contributed by atoms with E-state index in [2.05, 4.69) is 15.4 Å². The molecule has 0 radical (unpaired) electrons. The smallest absolute Gasteiger partial charge is 0.340 e. The predicted molar refractivity (Wildman–Crippen MR) is 82.0 cm³/mol. The molecule has 24 heavy (non-hydrogen) atoms. The van der Waals surface area contributed by atoms with Crippen molar-refractivity contribution in [2.24, 2.45) is 5.73 Å². The number of ether oxygens (including phenoxy) is 2. The maximum Gasteiger partial charge on any atom is 0.340 e. The van der Waals surface area contributed by atoms with Crippen LogP contribution in [-0.2, 0) is 14.3 Å². The van der Waals surface area contributed by atoms with Crippen LogP contribution in [0.2, 0.25) is 0 Å². The molecule has 0 aliphatic carbocycles. The second-order valence-electron chi connectivity index (χ2n) is 4.83. The molecular formula is C11H13N7O5S. The van der Waals surface area contributed by atoms with Crippen molar-refractivity contribution in [3.05, 3.63) is 10.4 Å². The number of fused-ring (bicyclic) bond motifs is 1. The minimum Gasteiger partial charge on any atom is -0.462 e. The van der Waals surface area contributed by atoms with E-state index in [-0.39, 0.29) is 23.5 Å². The zero-order chi connectivity index (χ0) is 17.4. The Morgan fingerprint density at radius 2 is 2.25 bits per heavy atom. The van der Waals surface area contributed by atoms with E-state index in [0.717, 1.165) is 4.68 Å². The van der Waals surface area contributed by atoms with Crippen LogP contribution >= 0.6 is 11.8 Å². The lowest BCUT2D eigenvalue weighted by Gasteiger charge is -2.13. The van der Waals surface area contributed by atoms with Crippen molar-refractivity contribution in [1.82, 2.24) is 24.8 Å². The minimum atomic E-state index is -0.970. The van der Waals surface area contributed by atoms with Gasteiger partial charge in [-0.05, 0) is 0 Å². The number of nitrogen functional groups attached to an aromatic ring is 1. The number of primary amides is 1. The molecule has 1 saturated heterocycles. The number of carbonyl (C=O) groups is 2. The number of thioether (sulfide) groups is 1. The Hall–Kier alpha value is -2.67. The number of hydrogen-bond acceptors (Lipinski definition) is 10. The molecule has 0 saturated carbocycles. The summed E-state index contributed by atoms with van der Waals surface area (Å²) in [7, 11) is 0. The summed E-state index contributed by atoms with van der Waals surface area (Å²) < 4.78 is 12.1. The van der Waals surface area contributed by atoms with Crippen LogP contribution in [0.15, 0.2) is 4.79 Å². The Morgan fingerprint density at radius 1 is 1.50 bits per heavy atom. The maximum atomic E-state index is 12.6. The summed E-state index contributed by atoms with van der Waals surface area (Å²) in [5.41, 5.74) is 9.49. The molecule has 1 aliphatic heterocycles. The fraction of sp³-hybridized carbons (Fsp3) is 0.455. The molecule has 2 aromatic heterocycles. The Morgan fingerprint density at radius 3 is 2.92 bits per heavy atom. The van der Waals surface area contributed by atoms with Gasteiger partial charge in [0.25, 0.3) is 5.56 Å². The van der Waals surface area contributed by atoms with Crippen LogP contribution in [0.4, 0.5) is 10.6 Å². The summed E-state index contributed by atoms with van der Waals surface area (Å²) in [6, 6.07) is -0.970. The first-order valence-corrected chi connectivity index (χ1v) is 7.77. The summed E-state index contributed by atoms with van der Waals surface area (Å²) in [4.78, 5) is 34.8. The van der Waals surface area contributed by atoms with Gasteiger partial charge in [-0.3, -0.25) is 9.59 Å². The van der Waals surface area contributed by atoms with Crippen LogP contribution < -0.4 is 17.0 Å². The van der Waals surface area contributed by atoms with Crippen LogP contribution in [0, 0.1) is 0 Å². The first-order valence-electron chi connectivity index (χ1n) is 6.72. The molecule has 128 valence electrons. The number of nitrogens with zero attached hydrogens (tertiary/aromatic N) is 5. The highest BCUT2D eigenvalue weighted by Gasteiger charge is 2.31. The number of amides is 1. The standard InChI is InChI=1S/C11H13N7O5S/c1-4(19)22-2-6-23-5(3-24-6)17-10(20)8-7(14-16-17)9(12)15-18(8)11(13)21/h5-6H,2-3H2,1H3,(H2,12,15)(H2,13,21). The summed E-state index contributed by atoms with van der Waals surface area (Å²) in [5, 5.41) is 11.3. The molecule has 0 spiro atoms. The first-order chi connectivity index (χ1) is 11.4. The van der Waals surface area contributed by atoms with Crippen molar-refractivity contribution in [3.63, 3.8) is 0 Å².